The maximum atomic E-state index is 12.9. The van der Waals surface area contributed by atoms with E-state index in [1.807, 2.05) is 19.1 Å². The van der Waals surface area contributed by atoms with Gasteiger partial charge in [0.25, 0.3) is 0 Å². The number of hydrogen-bond acceptors (Lipinski definition) is 0. The fraction of sp³-hybridized carbons (Fsp3) is 0.250. The molecule has 104 valence electrons. The predicted octanol–water partition coefficient (Wildman–Crippen LogP) is 3.82. The number of alkyl halides is 3. The fourth-order valence-corrected chi connectivity index (χ4v) is 6.29. The molecular weight excluding hydrogens is 277 g/mol. The molecule has 0 N–H and O–H groups in total. The van der Waals surface area contributed by atoms with Gasteiger partial charge in [-0.05, 0) is 40.1 Å². The zero-order valence-electron chi connectivity index (χ0n) is 11.6. The van der Waals surface area contributed by atoms with Crippen LogP contribution in [0.25, 0.3) is 11.1 Å². The van der Waals surface area contributed by atoms with E-state index in [0.29, 0.717) is 0 Å². The van der Waals surface area contributed by atoms with Gasteiger partial charge in [-0.25, -0.2) is 0 Å². The Bertz CT molecular complexity index is 699. The maximum absolute atomic E-state index is 12.9. The van der Waals surface area contributed by atoms with E-state index in [2.05, 4.69) is 19.2 Å². The first-order chi connectivity index (χ1) is 9.23. The summed E-state index contributed by atoms with van der Waals surface area (Å²) in [6.07, 6.45) is -4.29. The van der Waals surface area contributed by atoms with E-state index in [0.717, 1.165) is 21.9 Å². The van der Waals surface area contributed by atoms with Crippen molar-refractivity contribution in [3.8, 4) is 11.1 Å². The average molecular weight is 292 g/mol. The molecule has 1 heterocycles. The molecule has 0 bridgehead atoms. The molecule has 0 aliphatic carbocycles. The number of halogens is 3. The molecule has 0 saturated heterocycles. The summed E-state index contributed by atoms with van der Waals surface area (Å²) in [7, 11) is -1.86. The van der Waals surface area contributed by atoms with Crippen LogP contribution < -0.4 is 10.4 Å². The summed E-state index contributed by atoms with van der Waals surface area (Å²) < 4.78 is 38.8. The second-order valence-electron chi connectivity index (χ2n) is 5.88. The van der Waals surface area contributed by atoms with Crippen molar-refractivity contribution in [1.29, 1.82) is 0 Å². The van der Waals surface area contributed by atoms with Gasteiger partial charge < -0.3 is 0 Å². The molecular formula is C16H15F3Si. The van der Waals surface area contributed by atoms with E-state index in [4.69, 9.17) is 0 Å². The van der Waals surface area contributed by atoms with Crippen LogP contribution in [0.5, 0.6) is 0 Å². The van der Waals surface area contributed by atoms with Crippen molar-refractivity contribution in [2.75, 3.05) is 0 Å². The first kappa shape index (κ1) is 13.4. The molecule has 1 aliphatic rings. The highest BCUT2D eigenvalue weighted by atomic mass is 28.3. The molecule has 2 aromatic rings. The molecule has 20 heavy (non-hydrogen) atoms. The molecule has 0 aromatic heterocycles. The number of benzene rings is 2. The van der Waals surface area contributed by atoms with Gasteiger partial charge in [-0.2, -0.15) is 13.2 Å². The summed E-state index contributed by atoms with van der Waals surface area (Å²) in [5, 5.41) is 2.35. The lowest BCUT2D eigenvalue weighted by atomic mass is 9.99. The van der Waals surface area contributed by atoms with Gasteiger partial charge in [-0.3, -0.25) is 0 Å². The van der Waals surface area contributed by atoms with Gasteiger partial charge in [0.2, 0.25) is 0 Å². The van der Waals surface area contributed by atoms with Gasteiger partial charge in [0, 0.05) is 0 Å². The van der Waals surface area contributed by atoms with Crippen LogP contribution in [-0.2, 0) is 6.18 Å². The van der Waals surface area contributed by atoms with Crippen molar-refractivity contribution in [2.45, 2.75) is 26.2 Å². The second-order valence-corrected chi connectivity index (χ2v) is 10.2. The lowest BCUT2D eigenvalue weighted by Crippen LogP contribution is -2.49. The first-order valence-corrected chi connectivity index (χ1v) is 9.55. The highest BCUT2D eigenvalue weighted by Crippen LogP contribution is 2.36. The largest absolute Gasteiger partial charge is 0.416 e. The van der Waals surface area contributed by atoms with Crippen LogP contribution in [0.3, 0.4) is 0 Å². The minimum Gasteiger partial charge on any atom is -0.166 e. The van der Waals surface area contributed by atoms with Crippen LogP contribution >= 0.6 is 0 Å². The molecule has 0 saturated carbocycles. The maximum Gasteiger partial charge on any atom is 0.416 e. The van der Waals surface area contributed by atoms with Crippen LogP contribution in [0.4, 0.5) is 13.2 Å². The zero-order chi connectivity index (χ0) is 14.7. The van der Waals surface area contributed by atoms with Gasteiger partial charge in [0.05, 0.1) is 5.56 Å². The quantitative estimate of drug-likeness (QED) is 0.648. The van der Waals surface area contributed by atoms with E-state index >= 15 is 0 Å². The molecule has 0 fully saturated rings. The fourth-order valence-electron chi connectivity index (χ4n) is 3.16. The Kier molecular flexibility index (Phi) is 2.67. The molecule has 4 heteroatoms. The van der Waals surface area contributed by atoms with Crippen molar-refractivity contribution >= 4 is 18.4 Å². The normalized spacial score (nSPS) is 15.9. The third kappa shape index (κ3) is 1.74. The van der Waals surface area contributed by atoms with Gasteiger partial charge in [0.15, 0.2) is 0 Å². The summed E-state index contributed by atoms with van der Waals surface area (Å²) in [6.45, 7) is 6.37. The molecule has 0 unspecified atom stereocenters. The van der Waals surface area contributed by atoms with Gasteiger partial charge in [0.1, 0.15) is 8.07 Å². The van der Waals surface area contributed by atoms with Crippen LogP contribution in [0.15, 0.2) is 36.4 Å². The number of rotatable bonds is 0. The van der Waals surface area contributed by atoms with Crippen molar-refractivity contribution < 1.29 is 13.2 Å². The Labute approximate surface area is 117 Å². The smallest absolute Gasteiger partial charge is 0.166 e. The highest BCUT2D eigenvalue weighted by Gasteiger charge is 2.40. The monoisotopic (exact) mass is 292 g/mol. The zero-order valence-corrected chi connectivity index (χ0v) is 12.6. The highest BCUT2D eigenvalue weighted by molar-refractivity contribution is 7.03. The summed E-state index contributed by atoms with van der Waals surface area (Å²) in [5.41, 5.74) is 2.30. The van der Waals surface area contributed by atoms with Gasteiger partial charge in [-0.15, -0.1) is 0 Å². The molecule has 3 rings (SSSR count). The molecule has 2 aromatic carbocycles. The molecule has 0 nitrogen and oxygen atoms in total. The van der Waals surface area contributed by atoms with Crippen molar-refractivity contribution in [3.63, 3.8) is 0 Å². The minimum absolute atomic E-state index is 0.558. The summed E-state index contributed by atoms with van der Waals surface area (Å²) in [5.74, 6) is 0. The SMILES string of the molecule is Cc1cccc2c1-c1cc(C(F)(F)F)ccc1[Si]2(C)C. The standard InChI is InChI=1S/C16H15F3Si/c1-10-5-4-6-14-15(10)12-9-11(16(17,18)19)7-8-13(12)20(14,2)3/h4-9H,1-3H3. The van der Waals surface area contributed by atoms with E-state index in [1.54, 1.807) is 6.07 Å². The van der Waals surface area contributed by atoms with Crippen molar-refractivity contribution in [3.05, 3.63) is 47.5 Å². The number of fused-ring (bicyclic) bond motifs is 3. The van der Waals surface area contributed by atoms with E-state index < -0.39 is 19.8 Å². The van der Waals surface area contributed by atoms with Gasteiger partial charge in [-0.1, -0.05) is 43.4 Å². The average Bonchev–Trinajstić information content (AvgIpc) is 2.58. The van der Waals surface area contributed by atoms with Crippen LogP contribution in [0, 0.1) is 6.92 Å². The third-order valence-corrected chi connectivity index (χ3v) is 7.78. The number of aryl methyl sites for hydroxylation is 1. The topological polar surface area (TPSA) is 0 Å². The Morgan fingerprint density at radius 2 is 1.65 bits per heavy atom. The molecule has 0 radical (unpaired) electrons. The molecule has 0 spiro atoms. The lowest BCUT2D eigenvalue weighted by molar-refractivity contribution is -0.137. The van der Waals surface area contributed by atoms with Crippen LogP contribution in [0.1, 0.15) is 11.1 Å². The van der Waals surface area contributed by atoms with Crippen molar-refractivity contribution in [2.24, 2.45) is 0 Å². The molecule has 0 atom stereocenters. The lowest BCUT2D eigenvalue weighted by Gasteiger charge is -2.19. The van der Waals surface area contributed by atoms with Crippen molar-refractivity contribution in [1.82, 2.24) is 0 Å². The Morgan fingerprint density at radius 1 is 0.950 bits per heavy atom. The third-order valence-electron chi connectivity index (χ3n) is 4.24. The van der Waals surface area contributed by atoms with Gasteiger partial charge >= 0.3 is 6.18 Å². The first-order valence-electron chi connectivity index (χ1n) is 6.55. The Balaban J connectivity index is 2.34. The van der Waals surface area contributed by atoms with E-state index in [1.165, 1.54) is 17.3 Å². The molecule has 1 aliphatic heterocycles. The van der Waals surface area contributed by atoms with E-state index in [9.17, 15) is 13.2 Å². The summed E-state index contributed by atoms with van der Waals surface area (Å²) in [4.78, 5) is 0. The summed E-state index contributed by atoms with van der Waals surface area (Å²) >= 11 is 0. The Morgan fingerprint density at radius 3 is 2.30 bits per heavy atom. The van der Waals surface area contributed by atoms with Crippen LogP contribution in [0.2, 0.25) is 13.1 Å². The molecule has 0 amide bonds. The minimum atomic E-state index is -4.29. The summed E-state index contributed by atoms with van der Waals surface area (Å²) in [6, 6.07) is 10.3. The number of hydrogen-bond donors (Lipinski definition) is 0. The van der Waals surface area contributed by atoms with Crippen LogP contribution in [-0.4, -0.2) is 8.07 Å². The second kappa shape index (κ2) is 3.98. The Hall–Kier alpha value is -1.55. The van der Waals surface area contributed by atoms with E-state index in [-0.39, 0.29) is 0 Å². The predicted molar refractivity (Wildman–Crippen MR) is 78.4 cm³/mol.